The van der Waals surface area contributed by atoms with Gasteiger partial charge in [0.2, 0.25) is 0 Å². The van der Waals surface area contributed by atoms with Crippen molar-refractivity contribution in [2.75, 3.05) is 0 Å². The number of hydrazine groups is 1. The van der Waals surface area contributed by atoms with Crippen molar-refractivity contribution in [1.82, 2.24) is 15.2 Å². The van der Waals surface area contributed by atoms with Gasteiger partial charge >= 0.3 is 0 Å². The van der Waals surface area contributed by atoms with Crippen molar-refractivity contribution in [1.29, 1.82) is 0 Å². The number of rotatable bonds is 6. The van der Waals surface area contributed by atoms with Gasteiger partial charge in [-0.25, -0.2) is 0 Å². The van der Waals surface area contributed by atoms with Crippen LogP contribution in [0.15, 0.2) is 16.6 Å². The molecule has 110 valence electrons. The molecule has 0 radical (unpaired) electrons. The van der Waals surface area contributed by atoms with Crippen molar-refractivity contribution < 1.29 is 0 Å². The lowest BCUT2D eigenvalue weighted by Gasteiger charge is -2.14. The molecule has 0 spiro atoms. The molecule has 0 fully saturated rings. The number of thiophene rings is 1. The number of halogens is 1. The molecule has 20 heavy (non-hydrogen) atoms. The highest BCUT2D eigenvalue weighted by atomic mass is 79.9. The van der Waals surface area contributed by atoms with Crippen molar-refractivity contribution in [3.8, 4) is 0 Å². The highest BCUT2D eigenvalue weighted by Crippen LogP contribution is 2.29. The monoisotopic (exact) mass is 356 g/mol. The molecule has 6 heteroatoms. The van der Waals surface area contributed by atoms with E-state index in [0.717, 1.165) is 29.4 Å². The molecule has 0 aliphatic carbocycles. The first kappa shape index (κ1) is 15.7. The van der Waals surface area contributed by atoms with Crippen molar-refractivity contribution in [2.45, 2.75) is 39.2 Å². The second-order valence-electron chi connectivity index (χ2n) is 4.77. The average Bonchev–Trinajstić information content (AvgIpc) is 3.02. The van der Waals surface area contributed by atoms with Gasteiger partial charge in [0, 0.05) is 23.2 Å². The Labute approximate surface area is 132 Å². The SMILES string of the molecule is CCc1ccc(C(Cc2c(Br)c(CC)nn2C)NN)s1. The van der Waals surface area contributed by atoms with E-state index >= 15 is 0 Å². The summed E-state index contributed by atoms with van der Waals surface area (Å²) in [5.41, 5.74) is 5.21. The summed E-state index contributed by atoms with van der Waals surface area (Å²) < 4.78 is 3.05. The third-order valence-corrected chi connectivity index (χ3v) is 5.73. The lowest BCUT2D eigenvalue weighted by atomic mass is 10.1. The predicted octanol–water partition coefficient (Wildman–Crippen LogP) is 3.12. The van der Waals surface area contributed by atoms with E-state index in [2.05, 4.69) is 52.4 Å². The van der Waals surface area contributed by atoms with Crippen LogP contribution in [0.25, 0.3) is 0 Å². The van der Waals surface area contributed by atoms with Crippen molar-refractivity contribution in [3.63, 3.8) is 0 Å². The Kier molecular flexibility index (Phi) is 5.37. The van der Waals surface area contributed by atoms with Crippen LogP contribution in [-0.2, 0) is 26.3 Å². The summed E-state index contributed by atoms with van der Waals surface area (Å²) in [5.74, 6) is 5.75. The van der Waals surface area contributed by atoms with E-state index in [1.165, 1.54) is 15.4 Å². The van der Waals surface area contributed by atoms with Gasteiger partial charge in [0.15, 0.2) is 0 Å². The smallest absolute Gasteiger partial charge is 0.0766 e. The van der Waals surface area contributed by atoms with E-state index in [1.807, 2.05) is 23.1 Å². The number of nitrogens with two attached hydrogens (primary N) is 1. The molecule has 0 saturated heterocycles. The first-order valence-corrected chi connectivity index (χ1v) is 8.46. The number of nitrogens with one attached hydrogen (secondary N) is 1. The normalized spacial score (nSPS) is 12.8. The number of aromatic nitrogens is 2. The average molecular weight is 357 g/mol. The standard InChI is InChI=1S/C14H21BrN4S/c1-4-9-6-7-13(20-9)11(17-16)8-12-14(15)10(5-2)18-19(12)3/h6-7,11,17H,4-5,8,16H2,1-3H3. The number of nitrogens with zero attached hydrogens (tertiary/aromatic N) is 2. The number of aryl methyl sites for hydroxylation is 3. The van der Waals surface area contributed by atoms with Crippen LogP contribution in [0.5, 0.6) is 0 Å². The summed E-state index contributed by atoms with van der Waals surface area (Å²) in [4.78, 5) is 2.66. The molecule has 2 aromatic rings. The molecule has 0 saturated carbocycles. The van der Waals surface area contributed by atoms with E-state index < -0.39 is 0 Å². The first-order valence-electron chi connectivity index (χ1n) is 6.85. The van der Waals surface area contributed by atoms with Crippen LogP contribution < -0.4 is 11.3 Å². The topological polar surface area (TPSA) is 55.9 Å². The molecule has 0 aromatic carbocycles. The molecule has 0 aliphatic rings. The maximum absolute atomic E-state index is 5.75. The lowest BCUT2D eigenvalue weighted by Crippen LogP contribution is -2.29. The molecule has 2 aromatic heterocycles. The van der Waals surface area contributed by atoms with Gasteiger partial charge in [-0.15, -0.1) is 11.3 Å². The van der Waals surface area contributed by atoms with Gasteiger partial charge in [-0.2, -0.15) is 5.10 Å². The summed E-state index contributed by atoms with van der Waals surface area (Å²) in [6.45, 7) is 4.29. The first-order chi connectivity index (χ1) is 9.60. The third-order valence-electron chi connectivity index (χ3n) is 3.48. The fraction of sp³-hybridized carbons (Fsp3) is 0.500. The minimum Gasteiger partial charge on any atom is -0.271 e. The Bertz CT molecular complexity index is 576. The number of hydrogen-bond donors (Lipinski definition) is 2. The zero-order valence-corrected chi connectivity index (χ0v) is 14.5. The number of hydrogen-bond acceptors (Lipinski definition) is 4. The molecular weight excluding hydrogens is 336 g/mol. The second kappa shape index (κ2) is 6.85. The zero-order valence-electron chi connectivity index (χ0n) is 12.1. The lowest BCUT2D eigenvalue weighted by molar-refractivity contribution is 0.536. The zero-order chi connectivity index (χ0) is 14.7. The van der Waals surface area contributed by atoms with Crippen LogP contribution in [0.2, 0.25) is 0 Å². The van der Waals surface area contributed by atoms with Crippen LogP contribution >= 0.6 is 27.3 Å². The van der Waals surface area contributed by atoms with Gasteiger partial charge in [0.05, 0.1) is 21.9 Å². The van der Waals surface area contributed by atoms with Gasteiger partial charge < -0.3 is 0 Å². The minimum absolute atomic E-state index is 0.122. The van der Waals surface area contributed by atoms with Gasteiger partial charge in [-0.1, -0.05) is 13.8 Å². The summed E-state index contributed by atoms with van der Waals surface area (Å²) in [6, 6.07) is 4.47. The van der Waals surface area contributed by atoms with Crippen LogP contribution in [0.4, 0.5) is 0 Å². The molecule has 0 bridgehead atoms. The van der Waals surface area contributed by atoms with E-state index in [1.54, 1.807) is 0 Å². The molecule has 4 nitrogen and oxygen atoms in total. The van der Waals surface area contributed by atoms with Crippen LogP contribution in [0.3, 0.4) is 0 Å². The van der Waals surface area contributed by atoms with E-state index in [9.17, 15) is 0 Å². The predicted molar refractivity (Wildman–Crippen MR) is 87.8 cm³/mol. The maximum Gasteiger partial charge on any atom is 0.0766 e. The van der Waals surface area contributed by atoms with Gasteiger partial charge in [-0.3, -0.25) is 16.0 Å². The highest BCUT2D eigenvalue weighted by molar-refractivity contribution is 9.10. The van der Waals surface area contributed by atoms with Crippen molar-refractivity contribution in [2.24, 2.45) is 12.9 Å². The Morgan fingerprint density at radius 3 is 2.65 bits per heavy atom. The summed E-state index contributed by atoms with van der Waals surface area (Å²) in [6.07, 6.45) is 2.82. The maximum atomic E-state index is 5.75. The van der Waals surface area contributed by atoms with Crippen LogP contribution in [-0.4, -0.2) is 9.78 Å². The van der Waals surface area contributed by atoms with Gasteiger partial charge in [0.25, 0.3) is 0 Å². The van der Waals surface area contributed by atoms with Crippen molar-refractivity contribution >= 4 is 27.3 Å². The molecule has 3 N–H and O–H groups in total. The van der Waals surface area contributed by atoms with E-state index in [-0.39, 0.29) is 6.04 Å². The quantitative estimate of drug-likeness (QED) is 0.617. The fourth-order valence-electron chi connectivity index (χ4n) is 2.25. The van der Waals surface area contributed by atoms with E-state index in [4.69, 9.17) is 5.84 Å². The Morgan fingerprint density at radius 1 is 1.40 bits per heavy atom. The molecule has 1 atom stereocenters. The molecule has 0 amide bonds. The highest BCUT2D eigenvalue weighted by Gasteiger charge is 2.19. The van der Waals surface area contributed by atoms with Gasteiger partial charge in [0.1, 0.15) is 0 Å². The largest absolute Gasteiger partial charge is 0.271 e. The molecule has 1 unspecified atom stereocenters. The second-order valence-corrected chi connectivity index (χ2v) is 6.76. The Hall–Kier alpha value is -0.690. The summed E-state index contributed by atoms with van der Waals surface area (Å²) >= 11 is 5.48. The van der Waals surface area contributed by atoms with Crippen molar-refractivity contribution in [3.05, 3.63) is 37.7 Å². The van der Waals surface area contributed by atoms with E-state index in [0.29, 0.717) is 0 Å². The minimum atomic E-state index is 0.122. The summed E-state index contributed by atoms with van der Waals surface area (Å²) in [7, 11) is 1.98. The molecule has 2 heterocycles. The molecular formula is C14H21BrN4S. The molecule has 0 aliphatic heterocycles. The van der Waals surface area contributed by atoms with Gasteiger partial charge in [-0.05, 0) is 40.9 Å². The third kappa shape index (κ3) is 3.14. The molecule has 2 rings (SSSR count). The fourth-order valence-corrected chi connectivity index (χ4v) is 4.04. The Balaban J connectivity index is 2.24. The van der Waals surface area contributed by atoms with Crippen LogP contribution in [0.1, 0.15) is 41.0 Å². The summed E-state index contributed by atoms with van der Waals surface area (Å²) in [5, 5.41) is 4.54. The Morgan fingerprint density at radius 2 is 2.15 bits per heavy atom. The van der Waals surface area contributed by atoms with Crippen LogP contribution in [0, 0.1) is 0 Å².